The van der Waals surface area contributed by atoms with E-state index in [9.17, 15) is 9.59 Å². The number of ether oxygens (including phenoxy) is 1. The number of aliphatic carboxylic acids is 1. The number of carboxylic acids is 1. The maximum absolute atomic E-state index is 12.5. The molecule has 1 rings (SSSR count). The molecule has 0 aliphatic heterocycles. The first-order valence-electron chi connectivity index (χ1n) is 6.34. The second-order valence-electron chi connectivity index (χ2n) is 4.77. The van der Waals surface area contributed by atoms with Gasteiger partial charge in [0.15, 0.2) is 0 Å². The molecule has 0 aliphatic carbocycles. The first-order valence-corrected chi connectivity index (χ1v) is 7.13. The maximum atomic E-state index is 12.5. The second kappa shape index (κ2) is 7.99. The van der Waals surface area contributed by atoms with Gasteiger partial charge in [-0.05, 0) is 32.3 Å². The highest BCUT2D eigenvalue weighted by Crippen LogP contribution is 2.24. The molecule has 0 saturated carbocycles. The lowest BCUT2D eigenvalue weighted by molar-refractivity contribution is -0.137. The molecule has 0 aliphatic rings. The van der Waals surface area contributed by atoms with E-state index in [0.717, 1.165) is 4.47 Å². The number of likely N-dealkylation sites (N-methyl/N-ethyl adjacent to an activating group) is 1. The van der Waals surface area contributed by atoms with Crippen molar-refractivity contribution in [1.82, 2.24) is 9.80 Å². The number of nitrogens with zero attached hydrogens (tertiary/aromatic N) is 2. The van der Waals surface area contributed by atoms with Gasteiger partial charge >= 0.3 is 5.97 Å². The number of halogens is 1. The zero-order valence-electron chi connectivity index (χ0n) is 12.3. The summed E-state index contributed by atoms with van der Waals surface area (Å²) in [6, 6.07) is 5.02. The third kappa shape index (κ3) is 5.35. The van der Waals surface area contributed by atoms with Crippen molar-refractivity contribution in [3.63, 3.8) is 0 Å². The van der Waals surface area contributed by atoms with E-state index >= 15 is 0 Å². The lowest BCUT2D eigenvalue weighted by atomic mass is 10.1. The largest absolute Gasteiger partial charge is 0.496 e. The molecule has 1 aromatic rings. The highest BCUT2D eigenvalue weighted by atomic mass is 79.9. The topological polar surface area (TPSA) is 70.1 Å². The summed E-state index contributed by atoms with van der Waals surface area (Å²) in [6.45, 7) is 0.571. The van der Waals surface area contributed by atoms with Gasteiger partial charge in [0.05, 0.1) is 12.7 Å². The Morgan fingerprint density at radius 3 is 2.48 bits per heavy atom. The fourth-order valence-electron chi connectivity index (χ4n) is 1.75. The molecule has 21 heavy (non-hydrogen) atoms. The zero-order valence-corrected chi connectivity index (χ0v) is 13.9. The Hall–Kier alpha value is -1.60. The normalized spacial score (nSPS) is 10.5. The molecule has 1 aromatic carbocycles. The predicted octanol–water partition coefficient (Wildman–Crippen LogP) is 1.55. The number of rotatable bonds is 7. The van der Waals surface area contributed by atoms with E-state index in [2.05, 4.69) is 15.9 Å². The van der Waals surface area contributed by atoms with E-state index in [1.807, 2.05) is 19.0 Å². The standard InChI is InChI=1S/C14H19BrN2O4/c1-16(2)6-7-17(9-13(18)19)14(20)11-5-4-10(15)8-12(11)21-3/h4-5,8H,6-7,9H2,1-3H3,(H,18,19). The van der Waals surface area contributed by atoms with Gasteiger partial charge < -0.3 is 19.6 Å². The van der Waals surface area contributed by atoms with Crippen LogP contribution in [-0.2, 0) is 4.79 Å². The van der Waals surface area contributed by atoms with E-state index in [-0.39, 0.29) is 12.5 Å². The monoisotopic (exact) mass is 358 g/mol. The first kappa shape index (κ1) is 17.5. The molecule has 1 amide bonds. The van der Waals surface area contributed by atoms with Crippen molar-refractivity contribution >= 4 is 27.8 Å². The Morgan fingerprint density at radius 1 is 1.29 bits per heavy atom. The molecular formula is C14H19BrN2O4. The molecule has 0 saturated heterocycles. The summed E-state index contributed by atoms with van der Waals surface area (Å²) >= 11 is 3.31. The lowest BCUT2D eigenvalue weighted by Gasteiger charge is -2.23. The van der Waals surface area contributed by atoms with Gasteiger partial charge in [-0.25, -0.2) is 0 Å². The average Bonchev–Trinajstić information content (AvgIpc) is 2.42. The Balaban J connectivity index is 3.01. The van der Waals surface area contributed by atoms with Gasteiger partial charge in [-0.1, -0.05) is 15.9 Å². The van der Waals surface area contributed by atoms with Crippen molar-refractivity contribution in [1.29, 1.82) is 0 Å². The third-order valence-corrected chi connectivity index (χ3v) is 3.32. The van der Waals surface area contributed by atoms with Gasteiger partial charge in [-0.3, -0.25) is 9.59 Å². The van der Waals surface area contributed by atoms with E-state index in [1.54, 1.807) is 18.2 Å². The summed E-state index contributed by atoms with van der Waals surface area (Å²) in [5.41, 5.74) is 0.348. The molecule has 0 aromatic heterocycles. The van der Waals surface area contributed by atoms with Gasteiger partial charge in [-0.15, -0.1) is 0 Å². The molecule has 0 bridgehead atoms. The molecule has 0 radical (unpaired) electrons. The third-order valence-electron chi connectivity index (χ3n) is 2.82. The SMILES string of the molecule is COc1cc(Br)ccc1C(=O)N(CCN(C)C)CC(=O)O. The minimum atomic E-state index is -1.04. The van der Waals surface area contributed by atoms with Gasteiger partial charge in [-0.2, -0.15) is 0 Å². The molecular weight excluding hydrogens is 340 g/mol. The molecule has 0 atom stereocenters. The van der Waals surface area contributed by atoms with E-state index in [0.29, 0.717) is 24.4 Å². The van der Waals surface area contributed by atoms with Crippen molar-refractivity contribution < 1.29 is 19.4 Å². The number of carbonyl (C=O) groups excluding carboxylic acids is 1. The fourth-order valence-corrected chi connectivity index (χ4v) is 2.09. The van der Waals surface area contributed by atoms with Crippen LogP contribution in [0.15, 0.2) is 22.7 Å². The number of hydrogen-bond acceptors (Lipinski definition) is 4. The summed E-state index contributed by atoms with van der Waals surface area (Å²) in [4.78, 5) is 26.7. The van der Waals surface area contributed by atoms with Crippen molar-refractivity contribution in [2.24, 2.45) is 0 Å². The van der Waals surface area contributed by atoms with E-state index in [4.69, 9.17) is 9.84 Å². The highest BCUT2D eigenvalue weighted by Gasteiger charge is 2.21. The summed E-state index contributed by atoms with van der Waals surface area (Å²) in [6.07, 6.45) is 0. The second-order valence-corrected chi connectivity index (χ2v) is 5.68. The molecule has 1 N–H and O–H groups in total. The predicted molar refractivity (Wildman–Crippen MR) is 82.8 cm³/mol. The Morgan fingerprint density at radius 2 is 1.95 bits per heavy atom. The van der Waals surface area contributed by atoms with E-state index < -0.39 is 5.97 Å². The summed E-state index contributed by atoms with van der Waals surface area (Å²) in [7, 11) is 5.20. The summed E-state index contributed by atoms with van der Waals surface area (Å²) in [5, 5.41) is 8.97. The molecule has 6 nitrogen and oxygen atoms in total. The van der Waals surface area contributed by atoms with Crippen molar-refractivity contribution in [3.8, 4) is 5.75 Å². The molecule has 116 valence electrons. The summed E-state index contributed by atoms with van der Waals surface area (Å²) in [5.74, 6) is -0.989. The van der Waals surface area contributed by atoms with Crippen LogP contribution in [0.3, 0.4) is 0 Å². The number of carbonyl (C=O) groups is 2. The number of hydrogen-bond donors (Lipinski definition) is 1. The van der Waals surface area contributed by atoms with Crippen LogP contribution >= 0.6 is 15.9 Å². The van der Waals surface area contributed by atoms with Crippen LogP contribution < -0.4 is 4.74 Å². The Kier molecular flexibility index (Phi) is 6.64. The lowest BCUT2D eigenvalue weighted by Crippen LogP contribution is -2.40. The van der Waals surface area contributed by atoms with Crippen LogP contribution in [0.2, 0.25) is 0 Å². The Bertz CT molecular complexity index is 520. The first-order chi connectivity index (χ1) is 9.85. The number of benzene rings is 1. The average molecular weight is 359 g/mol. The van der Waals surface area contributed by atoms with Gasteiger partial charge in [0.1, 0.15) is 12.3 Å². The van der Waals surface area contributed by atoms with Crippen LogP contribution in [0.25, 0.3) is 0 Å². The van der Waals surface area contributed by atoms with Crippen LogP contribution in [0.1, 0.15) is 10.4 Å². The van der Waals surface area contributed by atoms with Gasteiger partial charge in [0.2, 0.25) is 0 Å². The van der Waals surface area contributed by atoms with Crippen molar-refractivity contribution in [2.75, 3.05) is 40.8 Å². The maximum Gasteiger partial charge on any atom is 0.323 e. The number of methoxy groups -OCH3 is 1. The molecule has 0 spiro atoms. The smallest absolute Gasteiger partial charge is 0.323 e. The quantitative estimate of drug-likeness (QED) is 0.800. The van der Waals surface area contributed by atoms with Crippen LogP contribution in [0.5, 0.6) is 5.75 Å². The molecule has 0 heterocycles. The number of amides is 1. The Labute approximate surface area is 132 Å². The number of carboxylic acid groups (broad SMARTS) is 1. The van der Waals surface area contributed by atoms with Crippen LogP contribution in [0, 0.1) is 0 Å². The fraction of sp³-hybridized carbons (Fsp3) is 0.429. The molecule has 0 unspecified atom stereocenters. The van der Waals surface area contributed by atoms with Gasteiger partial charge in [0.25, 0.3) is 5.91 Å². The van der Waals surface area contributed by atoms with Gasteiger partial charge in [0, 0.05) is 17.6 Å². The van der Waals surface area contributed by atoms with Crippen LogP contribution in [0.4, 0.5) is 0 Å². The zero-order chi connectivity index (χ0) is 16.0. The minimum Gasteiger partial charge on any atom is -0.496 e. The minimum absolute atomic E-state index is 0.331. The van der Waals surface area contributed by atoms with Crippen molar-refractivity contribution in [2.45, 2.75) is 0 Å². The summed E-state index contributed by atoms with van der Waals surface area (Å²) < 4.78 is 5.98. The highest BCUT2D eigenvalue weighted by molar-refractivity contribution is 9.10. The molecule has 0 fully saturated rings. The van der Waals surface area contributed by atoms with Crippen molar-refractivity contribution in [3.05, 3.63) is 28.2 Å². The van der Waals surface area contributed by atoms with Crippen LogP contribution in [-0.4, -0.2) is 67.6 Å². The molecule has 7 heteroatoms. The van der Waals surface area contributed by atoms with E-state index in [1.165, 1.54) is 12.0 Å².